The second-order valence-corrected chi connectivity index (χ2v) is 6.74. The third-order valence-corrected chi connectivity index (χ3v) is 5.36. The molecule has 1 aromatic carbocycles. The molecule has 1 N–H and O–H groups in total. The molecule has 2 atom stereocenters. The highest BCUT2D eigenvalue weighted by Gasteiger charge is 2.58. The summed E-state index contributed by atoms with van der Waals surface area (Å²) in [7, 11) is 0. The van der Waals surface area contributed by atoms with Gasteiger partial charge in [0.05, 0.1) is 6.10 Å². The van der Waals surface area contributed by atoms with Crippen LogP contribution in [0, 0.1) is 5.41 Å². The van der Waals surface area contributed by atoms with Crippen LogP contribution in [0.4, 0.5) is 5.69 Å². The molecule has 0 saturated heterocycles. The minimum atomic E-state index is 0.437. The largest absolute Gasteiger partial charge is 0.382 e. The molecule has 20 heavy (non-hydrogen) atoms. The van der Waals surface area contributed by atoms with Gasteiger partial charge in [0.25, 0.3) is 0 Å². The first kappa shape index (κ1) is 13.9. The summed E-state index contributed by atoms with van der Waals surface area (Å²) in [5.74, 6) is 0.605. The predicted octanol–water partition coefficient (Wildman–Crippen LogP) is 4.57. The molecular weight excluding hydrogens is 246 g/mol. The Bertz CT molecular complexity index is 447. The topological polar surface area (TPSA) is 21.3 Å². The number of hydrogen-bond donors (Lipinski definition) is 1. The van der Waals surface area contributed by atoms with Crippen molar-refractivity contribution in [2.24, 2.45) is 5.41 Å². The van der Waals surface area contributed by atoms with Crippen LogP contribution in [-0.2, 0) is 4.74 Å². The van der Waals surface area contributed by atoms with E-state index < -0.39 is 0 Å². The van der Waals surface area contributed by atoms with Gasteiger partial charge in [-0.25, -0.2) is 0 Å². The second kappa shape index (κ2) is 5.40. The summed E-state index contributed by atoms with van der Waals surface area (Å²) in [4.78, 5) is 0. The Kier molecular flexibility index (Phi) is 3.76. The number of anilines is 1. The SMILES string of the molecule is CCOC1CC(Nc2ccc(C(C)C)cc2)C12CCC2. The molecule has 3 rings (SSSR count). The quantitative estimate of drug-likeness (QED) is 0.848. The van der Waals surface area contributed by atoms with E-state index in [1.54, 1.807) is 0 Å². The number of benzene rings is 1. The molecule has 2 saturated carbocycles. The number of ether oxygens (including phenoxy) is 1. The molecule has 0 aromatic heterocycles. The molecule has 0 radical (unpaired) electrons. The van der Waals surface area contributed by atoms with Gasteiger partial charge in [0.15, 0.2) is 0 Å². The fourth-order valence-corrected chi connectivity index (χ4v) is 3.81. The van der Waals surface area contributed by atoms with Crippen molar-refractivity contribution in [2.45, 2.75) is 64.5 Å². The zero-order chi connectivity index (χ0) is 14.2. The molecule has 1 spiro atoms. The van der Waals surface area contributed by atoms with Crippen LogP contribution in [0.1, 0.15) is 57.9 Å². The fourth-order valence-electron chi connectivity index (χ4n) is 3.81. The Morgan fingerprint density at radius 1 is 1.25 bits per heavy atom. The van der Waals surface area contributed by atoms with Gasteiger partial charge in [-0.05, 0) is 49.8 Å². The molecule has 0 bridgehead atoms. The molecule has 2 aliphatic carbocycles. The van der Waals surface area contributed by atoms with Crippen LogP contribution in [0.5, 0.6) is 0 Å². The fraction of sp³-hybridized carbons (Fsp3) is 0.667. The second-order valence-electron chi connectivity index (χ2n) is 6.74. The molecule has 0 aliphatic heterocycles. The van der Waals surface area contributed by atoms with Crippen molar-refractivity contribution in [3.8, 4) is 0 Å². The van der Waals surface area contributed by atoms with E-state index in [4.69, 9.17) is 4.74 Å². The average Bonchev–Trinajstić information content (AvgIpc) is 2.36. The molecule has 2 nitrogen and oxygen atoms in total. The maximum atomic E-state index is 5.91. The van der Waals surface area contributed by atoms with Crippen LogP contribution >= 0.6 is 0 Å². The smallest absolute Gasteiger partial charge is 0.0670 e. The van der Waals surface area contributed by atoms with Gasteiger partial charge in [0.2, 0.25) is 0 Å². The van der Waals surface area contributed by atoms with Crippen LogP contribution in [0.3, 0.4) is 0 Å². The molecule has 0 amide bonds. The molecule has 0 heterocycles. The molecule has 2 aliphatic rings. The van der Waals surface area contributed by atoms with E-state index in [2.05, 4.69) is 50.4 Å². The van der Waals surface area contributed by atoms with Gasteiger partial charge in [-0.1, -0.05) is 32.4 Å². The summed E-state index contributed by atoms with van der Waals surface area (Å²) < 4.78 is 5.91. The maximum absolute atomic E-state index is 5.91. The van der Waals surface area contributed by atoms with Gasteiger partial charge < -0.3 is 10.1 Å². The lowest BCUT2D eigenvalue weighted by Crippen LogP contribution is -2.64. The zero-order valence-corrected chi connectivity index (χ0v) is 13.0. The number of hydrogen-bond acceptors (Lipinski definition) is 2. The number of rotatable bonds is 5. The van der Waals surface area contributed by atoms with Crippen molar-refractivity contribution in [1.82, 2.24) is 0 Å². The van der Waals surface area contributed by atoms with E-state index in [-0.39, 0.29) is 0 Å². The zero-order valence-electron chi connectivity index (χ0n) is 13.0. The summed E-state index contributed by atoms with van der Waals surface area (Å²) in [5, 5.41) is 3.75. The first-order chi connectivity index (χ1) is 9.65. The van der Waals surface area contributed by atoms with Gasteiger partial charge in [-0.15, -0.1) is 0 Å². The minimum absolute atomic E-state index is 0.437. The molecule has 110 valence electrons. The van der Waals surface area contributed by atoms with E-state index >= 15 is 0 Å². The lowest BCUT2D eigenvalue weighted by Gasteiger charge is -2.61. The van der Waals surface area contributed by atoms with Gasteiger partial charge in [-0.3, -0.25) is 0 Å². The van der Waals surface area contributed by atoms with Crippen LogP contribution in [0.25, 0.3) is 0 Å². The monoisotopic (exact) mass is 273 g/mol. The van der Waals surface area contributed by atoms with E-state index in [9.17, 15) is 0 Å². The lowest BCUT2D eigenvalue weighted by molar-refractivity contribution is -0.157. The average molecular weight is 273 g/mol. The highest BCUT2D eigenvalue weighted by molar-refractivity contribution is 5.47. The van der Waals surface area contributed by atoms with Gasteiger partial charge in [0, 0.05) is 23.8 Å². The number of nitrogens with one attached hydrogen (secondary N) is 1. The maximum Gasteiger partial charge on any atom is 0.0670 e. The summed E-state index contributed by atoms with van der Waals surface area (Å²) in [6.45, 7) is 7.44. The highest BCUT2D eigenvalue weighted by atomic mass is 16.5. The van der Waals surface area contributed by atoms with Crippen LogP contribution in [-0.4, -0.2) is 18.8 Å². The third-order valence-electron chi connectivity index (χ3n) is 5.36. The van der Waals surface area contributed by atoms with Crippen LogP contribution < -0.4 is 5.32 Å². The molecule has 2 unspecified atom stereocenters. The van der Waals surface area contributed by atoms with Gasteiger partial charge in [0.1, 0.15) is 0 Å². The van der Waals surface area contributed by atoms with E-state index in [1.165, 1.54) is 36.9 Å². The minimum Gasteiger partial charge on any atom is -0.382 e. The summed E-state index contributed by atoms with van der Waals surface area (Å²) >= 11 is 0. The van der Waals surface area contributed by atoms with E-state index in [0.717, 1.165) is 6.61 Å². The Morgan fingerprint density at radius 2 is 1.95 bits per heavy atom. The lowest BCUT2D eigenvalue weighted by atomic mass is 9.51. The Balaban J connectivity index is 1.64. The van der Waals surface area contributed by atoms with Gasteiger partial charge >= 0.3 is 0 Å². The van der Waals surface area contributed by atoms with Gasteiger partial charge in [-0.2, -0.15) is 0 Å². The van der Waals surface area contributed by atoms with E-state index in [1.807, 2.05) is 0 Å². The summed E-state index contributed by atoms with van der Waals surface area (Å²) in [6.07, 6.45) is 5.70. The third kappa shape index (κ3) is 2.24. The van der Waals surface area contributed by atoms with Crippen LogP contribution in [0.2, 0.25) is 0 Å². The predicted molar refractivity (Wildman–Crippen MR) is 84.3 cm³/mol. The van der Waals surface area contributed by atoms with Crippen molar-refractivity contribution in [1.29, 1.82) is 0 Å². The molecule has 2 fully saturated rings. The van der Waals surface area contributed by atoms with Crippen molar-refractivity contribution in [3.63, 3.8) is 0 Å². The summed E-state index contributed by atoms with van der Waals surface area (Å²) in [5.41, 5.74) is 3.11. The normalized spacial score (nSPS) is 27.2. The summed E-state index contributed by atoms with van der Waals surface area (Å²) in [6, 6.07) is 9.57. The molecule has 2 heteroatoms. The molecule has 1 aromatic rings. The van der Waals surface area contributed by atoms with Crippen molar-refractivity contribution in [3.05, 3.63) is 29.8 Å². The first-order valence-corrected chi connectivity index (χ1v) is 8.14. The Labute approximate surface area is 122 Å². The Hall–Kier alpha value is -1.02. The standard InChI is InChI=1S/C18H27NO/c1-4-20-17-12-16(18(17)10-5-11-18)19-15-8-6-14(7-9-15)13(2)3/h6-9,13,16-17,19H,4-5,10-12H2,1-3H3. The van der Waals surface area contributed by atoms with Crippen molar-refractivity contribution < 1.29 is 4.74 Å². The van der Waals surface area contributed by atoms with Crippen molar-refractivity contribution >= 4 is 5.69 Å². The van der Waals surface area contributed by atoms with Crippen molar-refractivity contribution in [2.75, 3.05) is 11.9 Å². The van der Waals surface area contributed by atoms with Crippen LogP contribution in [0.15, 0.2) is 24.3 Å². The van der Waals surface area contributed by atoms with E-state index in [0.29, 0.717) is 23.5 Å². The first-order valence-electron chi connectivity index (χ1n) is 8.14. The molecular formula is C18H27NO. The Morgan fingerprint density at radius 3 is 2.45 bits per heavy atom. The highest BCUT2D eigenvalue weighted by Crippen LogP contribution is 2.58.